The first-order valence-corrected chi connectivity index (χ1v) is 11.8. The zero-order valence-corrected chi connectivity index (χ0v) is 16.3. The van der Waals surface area contributed by atoms with Gasteiger partial charge in [0, 0.05) is 6.20 Å². The summed E-state index contributed by atoms with van der Waals surface area (Å²) in [6.45, 7) is 3.26. The Balaban J connectivity index is 1.85. The van der Waals surface area contributed by atoms with E-state index in [1.165, 1.54) is 0 Å². The van der Waals surface area contributed by atoms with E-state index >= 15 is 0 Å². The molecule has 4 atom stereocenters. The van der Waals surface area contributed by atoms with E-state index in [9.17, 15) is 5.11 Å². The van der Waals surface area contributed by atoms with Crippen LogP contribution in [0.4, 0.5) is 5.69 Å². The fraction of sp³-hybridized carbons (Fsp3) is 0.533. The van der Waals surface area contributed by atoms with E-state index in [1.807, 2.05) is 4.57 Å². The summed E-state index contributed by atoms with van der Waals surface area (Å²) in [6.07, 6.45) is 8.43. The predicted octanol–water partition coefficient (Wildman–Crippen LogP) is 2.17. The van der Waals surface area contributed by atoms with Crippen molar-refractivity contribution in [3.05, 3.63) is 18.6 Å². The highest BCUT2D eigenvalue weighted by molar-refractivity contribution is 14.1. The molecule has 23 heavy (non-hydrogen) atoms. The van der Waals surface area contributed by atoms with Crippen LogP contribution in [0.5, 0.6) is 0 Å². The molecule has 2 aromatic rings. The van der Waals surface area contributed by atoms with Crippen LogP contribution < -0.4 is 5.73 Å². The van der Waals surface area contributed by atoms with Gasteiger partial charge in [-0.1, -0.05) is 22.6 Å². The number of halogens is 1. The average Bonchev–Trinajstić information content (AvgIpc) is 3.01. The third-order valence-electron chi connectivity index (χ3n) is 4.08. The van der Waals surface area contributed by atoms with Crippen LogP contribution in [-0.4, -0.2) is 61.6 Å². The second kappa shape index (κ2) is 6.35. The van der Waals surface area contributed by atoms with Gasteiger partial charge < -0.3 is 15.6 Å². The number of fused-ring (bicyclic) bond motifs is 1. The molecule has 0 bridgehead atoms. The average molecular weight is 448 g/mol. The molecule has 0 aliphatic carbocycles. The number of ether oxygens (including phenoxy) is 1. The SMILES string of the molecule is C=P(C)(C)CCC1OC(n2cnc3c(N)ccnc32)[C@H](I)[C@@H]1O. The molecule has 3 rings (SSSR count). The van der Waals surface area contributed by atoms with Gasteiger partial charge in [-0.3, -0.25) is 4.57 Å². The molecule has 2 unspecified atom stereocenters. The minimum Gasteiger partial charge on any atom is -0.397 e. The normalized spacial score (nSPS) is 28.5. The number of alkyl halides is 1. The number of anilines is 1. The number of hydrogen-bond acceptors (Lipinski definition) is 5. The van der Waals surface area contributed by atoms with Crippen molar-refractivity contribution in [1.29, 1.82) is 0 Å². The molecule has 0 saturated carbocycles. The minimum atomic E-state index is -1.13. The number of nitrogens with two attached hydrogens (primary N) is 1. The molecule has 0 amide bonds. The van der Waals surface area contributed by atoms with E-state index in [4.69, 9.17) is 10.5 Å². The highest BCUT2D eigenvalue weighted by Crippen LogP contribution is 2.42. The van der Waals surface area contributed by atoms with E-state index in [1.54, 1.807) is 18.6 Å². The maximum absolute atomic E-state index is 10.5. The van der Waals surface area contributed by atoms with Crippen molar-refractivity contribution < 1.29 is 9.84 Å². The Kier molecular flexibility index (Phi) is 4.75. The molecule has 8 heteroatoms. The monoisotopic (exact) mass is 448 g/mol. The van der Waals surface area contributed by atoms with Gasteiger partial charge in [-0.05, 0) is 32.0 Å². The van der Waals surface area contributed by atoms with Crippen molar-refractivity contribution in [2.24, 2.45) is 0 Å². The van der Waals surface area contributed by atoms with Crippen molar-refractivity contribution in [1.82, 2.24) is 14.5 Å². The molecule has 0 aromatic carbocycles. The first-order valence-electron chi connectivity index (χ1n) is 7.50. The Labute approximate surface area is 149 Å². The summed E-state index contributed by atoms with van der Waals surface area (Å²) in [5.41, 5.74) is 7.90. The number of aromatic nitrogens is 3. The van der Waals surface area contributed by atoms with Gasteiger partial charge in [0.05, 0.1) is 28.1 Å². The number of aliphatic hydroxyl groups is 1. The van der Waals surface area contributed by atoms with Gasteiger partial charge in [-0.25, -0.2) is 9.97 Å². The summed E-state index contributed by atoms with van der Waals surface area (Å²) < 4.78 is 7.95. The molecule has 2 aromatic heterocycles. The standard InChI is InChI=1S/C15H22IN4O2P/c1-23(2,3)7-5-10-13(21)11(16)15(22-10)20-8-19-12-9(17)4-6-18-14(12)20/h4,6,8,10-11,13,15,21H,1,5,7H2,2-3H3,(H2,17,18)/t10?,11-,13-,15?/m1/s1. The minimum absolute atomic E-state index is 0.0653. The van der Waals surface area contributed by atoms with Crippen molar-refractivity contribution in [3.63, 3.8) is 0 Å². The zero-order valence-electron chi connectivity index (χ0n) is 13.3. The summed E-state index contributed by atoms with van der Waals surface area (Å²) in [5, 5.41) is 10.5. The van der Waals surface area contributed by atoms with Crippen LogP contribution in [0.1, 0.15) is 12.6 Å². The third kappa shape index (κ3) is 3.43. The zero-order chi connectivity index (χ0) is 16.8. The molecule has 3 heterocycles. The van der Waals surface area contributed by atoms with Crippen LogP contribution >= 0.6 is 29.5 Å². The van der Waals surface area contributed by atoms with Crippen LogP contribution in [0.15, 0.2) is 18.6 Å². The molecule has 6 nitrogen and oxygen atoms in total. The molecule has 3 N–H and O–H groups in total. The van der Waals surface area contributed by atoms with Crippen molar-refractivity contribution in [2.75, 3.05) is 25.2 Å². The molecular weight excluding hydrogens is 426 g/mol. The quantitative estimate of drug-likeness (QED) is 0.426. The van der Waals surface area contributed by atoms with Crippen molar-refractivity contribution in [2.45, 2.75) is 28.8 Å². The molecule has 1 saturated heterocycles. The maximum atomic E-state index is 10.5. The Morgan fingerprint density at radius 3 is 2.91 bits per heavy atom. The second-order valence-corrected chi connectivity index (χ2v) is 12.4. The molecule has 1 aliphatic heterocycles. The van der Waals surface area contributed by atoms with Gasteiger partial charge in [0.25, 0.3) is 0 Å². The fourth-order valence-corrected chi connectivity index (χ4v) is 4.71. The van der Waals surface area contributed by atoms with Crippen LogP contribution in [0.2, 0.25) is 0 Å². The summed E-state index contributed by atoms with van der Waals surface area (Å²) in [6, 6.07) is 1.73. The van der Waals surface area contributed by atoms with Gasteiger partial charge in [-0.15, -0.1) is 13.2 Å². The summed E-state index contributed by atoms with van der Waals surface area (Å²) >= 11 is 2.25. The summed E-state index contributed by atoms with van der Waals surface area (Å²) in [4.78, 5) is 8.71. The van der Waals surface area contributed by atoms with Gasteiger partial charge in [0.1, 0.15) is 5.52 Å². The number of nitrogen functional groups attached to an aromatic ring is 1. The highest BCUT2D eigenvalue weighted by atomic mass is 127. The van der Waals surface area contributed by atoms with E-state index in [-0.39, 0.29) is 16.3 Å². The van der Waals surface area contributed by atoms with E-state index in [0.717, 1.165) is 12.6 Å². The predicted molar refractivity (Wildman–Crippen MR) is 105 cm³/mol. The molecule has 0 radical (unpaired) electrons. The highest BCUT2D eigenvalue weighted by Gasteiger charge is 2.43. The van der Waals surface area contributed by atoms with Gasteiger partial charge >= 0.3 is 0 Å². The maximum Gasteiger partial charge on any atom is 0.164 e. The fourth-order valence-electron chi connectivity index (χ4n) is 2.78. The number of nitrogens with zero attached hydrogens (tertiary/aromatic N) is 3. The lowest BCUT2D eigenvalue weighted by molar-refractivity contribution is -0.0173. The molecule has 1 fully saturated rings. The molecular formula is C15H22IN4O2P. The van der Waals surface area contributed by atoms with E-state index < -0.39 is 13.0 Å². The van der Waals surface area contributed by atoms with Gasteiger partial charge in [-0.2, -0.15) is 0 Å². The topological polar surface area (TPSA) is 86.2 Å². The first-order chi connectivity index (χ1) is 10.8. The Morgan fingerprint density at radius 2 is 2.22 bits per heavy atom. The molecule has 0 spiro atoms. The Morgan fingerprint density at radius 1 is 1.48 bits per heavy atom. The number of pyridine rings is 1. The number of aliphatic hydroxyl groups excluding tert-OH is 1. The van der Waals surface area contributed by atoms with E-state index in [2.05, 4.69) is 52.2 Å². The van der Waals surface area contributed by atoms with Crippen LogP contribution in [-0.2, 0) is 4.74 Å². The number of imidazole rings is 1. The van der Waals surface area contributed by atoms with E-state index in [0.29, 0.717) is 16.9 Å². The van der Waals surface area contributed by atoms with Crippen LogP contribution in [0.3, 0.4) is 0 Å². The first kappa shape index (κ1) is 17.2. The lowest BCUT2D eigenvalue weighted by atomic mass is 10.1. The number of rotatable bonds is 4. The number of hydrogen-bond donors (Lipinski definition) is 2. The second-order valence-electron chi connectivity index (χ2n) is 6.67. The van der Waals surface area contributed by atoms with Crippen LogP contribution in [0, 0.1) is 0 Å². The largest absolute Gasteiger partial charge is 0.397 e. The van der Waals surface area contributed by atoms with Crippen molar-refractivity contribution >= 4 is 52.6 Å². The smallest absolute Gasteiger partial charge is 0.164 e. The Bertz CT molecular complexity index is 759. The Hall–Kier alpha value is -0.630. The summed E-state index contributed by atoms with van der Waals surface area (Å²) in [7, 11) is 0. The van der Waals surface area contributed by atoms with Crippen LogP contribution in [0.25, 0.3) is 11.2 Å². The lowest BCUT2D eigenvalue weighted by Gasteiger charge is -2.19. The van der Waals surface area contributed by atoms with Crippen molar-refractivity contribution in [3.8, 4) is 0 Å². The molecule has 1 aliphatic rings. The van der Waals surface area contributed by atoms with Gasteiger partial charge in [0.15, 0.2) is 11.9 Å². The lowest BCUT2D eigenvalue weighted by Crippen LogP contribution is -2.27. The van der Waals surface area contributed by atoms with Gasteiger partial charge in [0.2, 0.25) is 0 Å². The summed E-state index contributed by atoms with van der Waals surface area (Å²) in [5.74, 6) is 0. The third-order valence-corrected chi connectivity index (χ3v) is 6.90. The molecule has 126 valence electrons.